The summed E-state index contributed by atoms with van der Waals surface area (Å²) in [4.78, 5) is 2.12. The lowest BCUT2D eigenvalue weighted by atomic mass is 10.2. The zero-order valence-electron chi connectivity index (χ0n) is 6.12. The van der Waals surface area contributed by atoms with E-state index in [0.29, 0.717) is 11.0 Å². The van der Waals surface area contributed by atoms with E-state index in [1.165, 1.54) is 0 Å². The molecule has 0 aromatic heterocycles. The summed E-state index contributed by atoms with van der Waals surface area (Å²) in [5.41, 5.74) is 0. The minimum atomic E-state index is -0.790. The fraction of sp³-hybridized carbons (Fsp3) is 1.00. The van der Waals surface area contributed by atoms with Crippen molar-refractivity contribution in [3.8, 4) is 0 Å². The summed E-state index contributed by atoms with van der Waals surface area (Å²) in [7, 11) is 2.01. The van der Waals surface area contributed by atoms with Crippen LogP contribution in [0, 0.1) is 0 Å². The molecule has 1 fully saturated rings. The molecule has 1 saturated heterocycles. The molecular formula is C6H13NO2S. The lowest BCUT2D eigenvalue weighted by Crippen LogP contribution is -2.53. The van der Waals surface area contributed by atoms with Gasteiger partial charge in [-0.25, -0.2) is 0 Å². The van der Waals surface area contributed by atoms with Crippen molar-refractivity contribution < 1.29 is 9.66 Å². The van der Waals surface area contributed by atoms with Crippen LogP contribution in [0.4, 0.5) is 0 Å². The molecule has 0 spiro atoms. The molecule has 1 unspecified atom stereocenters. The SMILES string of the molecule is CN1CC([S+]([O-])CCO)C1. The lowest BCUT2D eigenvalue weighted by Gasteiger charge is -2.36. The molecule has 0 radical (unpaired) electrons. The van der Waals surface area contributed by atoms with Crippen molar-refractivity contribution in [2.45, 2.75) is 5.25 Å². The molecule has 0 saturated carbocycles. The number of aliphatic hydroxyl groups excluding tert-OH is 1. The van der Waals surface area contributed by atoms with E-state index in [1.54, 1.807) is 0 Å². The standard InChI is InChI=1S/C6H13NO2S/c1-7-4-6(5-7)10(9)3-2-8/h6,8H,2-5H2,1H3. The Bertz CT molecular complexity index is 103. The Kier molecular flexibility index (Phi) is 2.97. The minimum Gasteiger partial charge on any atom is -0.616 e. The molecular weight excluding hydrogens is 150 g/mol. The molecule has 0 amide bonds. The van der Waals surface area contributed by atoms with Crippen LogP contribution in [0.15, 0.2) is 0 Å². The van der Waals surface area contributed by atoms with E-state index in [9.17, 15) is 4.55 Å². The molecule has 1 rings (SSSR count). The van der Waals surface area contributed by atoms with Crippen LogP contribution in [0.25, 0.3) is 0 Å². The second-order valence-corrected chi connectivity index (χ2v) is 4.49. The Labute approximate surface area is 64.2 Å². The molecule has 1 aliphatic rings. The highest BCUT2D eigenvalue weighted by molar-refractivity contribution is 7.92. The van der Waals surface area contributed by atoms with Gasteiger partial charge in [-0.1, -0.05) is 0 Å². The predicted molar refractivity (Wildman–Crippen MR) is 41.4 cm³/mol. The van der Waals surface area contributed by atoms with Crippen LogP contribution in [0.5, 0.6) is 0 Å². The van der Waals surface area contributed by atoms with Crippen molar-refractivity contribution in [2.75, 3.05) is 32.5 Å². The molecule has 1 atom stereocenters. The number of aliphatic hydroxyl groups is 1. The third-order valence-electron chi connectivity index (χ3n) is 1.69. The second-order valence-electron chi connectivity index (χ2n) is 2.65. The second kappa shape index (κ2) is 3.57. The first-order valence-corrected chi connectivity index (χ1v) is 4.79. The smallest absolute Gasteiger partial charge is 0.140 e. The van der Waals surface area contributed by atoms with Crippen LogP contribution < -0.4 is 0 Å². The van der Waals surface area contributed by atoms with E-state index in [0.717, 1.165) is 13.1 Å². The van der Waals surface area contributed by atoms with Gasteiger partial charge in [0.25, 0.3) is 0 Å². The van der Waals surface area contributed by atoms with Crippen molar-refractivity contribution in [1.29, 1.82) is 0 Å². The normalized spacial score (nSPS) is 24.3. The van der Waals surface area contributed by atoms with Gasteiger partial charge in [0.05, 0.1) is 6.61 Å². The fourth-order valence-corrected chi connectivity index (χ4v) is 2.42. The Balaban J connectivity index is 2.11. The van der Waals surface area contributed by atoms with Gasteiger partial charge in [-0.2, -0.15) is 0 Å². The third kappa shape index (κ3) is 1.85. The molecule has 4 heteroatoms. The Morgan fingerprint density at radius 1 is 1.70 bits per heavy atom. The topological polar surface area (TPSA) is 46.5 Å². The van der Waals surface area contributed by atoms with Gasteiger partial charge in [0.1, 0.15) is 11.0 Å². The maximum absolute atomic E-state index is 11.1. The summed E-state index contributed by atoms with van der Waals surface area (Å²) in [6, 6.07) is 0. The Morgan fingerprint density at radius 3 is 2.70 bits per heavy atom. The zero-order valence-corrected chi connectivity index (χ0v) is 6.93. The minimum absolute atomic E-state index is 0.0484. The van der Waals surface area contributed by atoms with Gasteiger partial charge in [-0.15, -0.1) is 0 Å². The molecule has 3 nitrogen and oxygen atoms in total. The van der Waals surface area contributed by atoms with E-state index >= 15 is 0 Å². The molecule has 1 aliphatic heterocycles. The molecule has 10 heavy (non-hydrogen) atoms. The maximum Gasteiger partial charge on any atom is 0.140 e. The van der Waals surface area contributed by atoms with E-state index in [4.69, 9.17) is 5.11 Å². The van der Waals surface area contributed by atoms with Crippen LogP contribution in [0.3, 0.4) is 0 Å². The first-order valence-electron chi connectivity index (χ1n) is 3.40. The number of rotatable bonds is 3. The van der Waals surface area contributed by atoms with E-state index < -0.39 is 11.2 Å². The van der Waals surface area contributed by atoms with Gasteiger partial charge in [0.2, 0.25) is 0 Å². The van der Waals surface area contributed by atoms with Crippen LogP contribution in [-0.4, -0.2) is 52.3 Å². The van der Waals surface area contributed by atoms with E-state index in [1.807, 2.05) is 7.05 Å². The number of hydrogen-bond acceptors (Lipinski definition) is 3. The van der Waals surface area contributed by atoms with Gasteiger partial charge in [0.15, 0.2) is 0 Å². The average Bonchev–Trinajstić information content (AvgIpc) is 1.82. The van der Waals surface area contributed by atoms with Gasteiger partial charge in [-0.3, -0.25) is 4.90 Å². The van der Waals surface area contributed by atoms with Crippen molar-refractivity contribution in [3.05, 3.63) is 0 Å². The largest absolute Gasteiger partial charge is 0.616 e. The van der Waals surface area contributed by atoms with Crippen LogP contribution >= 0.6 is 0 Å². The number of likely N-dealkylation sites (tertiary alicyclic amines) is 1. The summed E-state index contributed by atoms with van der Waals surface area (Å²) in [6.45, 7) is 1.89. The molecule has 60 valence electrons. The monoisotopic (exact) mass is 163 g/mol. The van der Waals surface area contributed by atoms with Crippen LogP contribution in [0.2, 0.25) is 0 Å². The summed E-state index contributed by atoms with van der Waals surface area (Å²) >= 11 is -0.790. The highest BCUT2D eigenvalue weighted by atomic mass is 32.2. The quantitative estimate of drug-likeness (QED) is 0.545. The fourth-order valence-electron chi connectivity index (χ4n) is 1.06. The van der Waals surface area contributed by atoms with Crippen molar-refractivity contribution >= 4 is 11.2 Å². The van der Waals surface area contributed by atoms with Gasteiger partial charge >= 0.3 is 0 Å². The first kappa shape index (κ1) is 8.33. The summed E-state index contributed by atoms with van der Waals surface area (Å²) in [6.07, 6.45) is 0. The molecule has 0 aliphatic carbocycles. The highest BCUT2D eigenvalue weighted by Crippen LogP contribution is 2.14. The number of nitrogens with zero attached hydrogens (tertiary/aromatic N) is 1. The van der Waals surface area contributed by atoms with E-state index in [-0.39, 0.29) is 6.61 Å². The van der Waals surface area contributed by atoms with Crippen molar-refractivity contribution in [3.63, 3.8) is 0 Å². The molecule has 0 aromatic carbocycles. The Hall–Kier alpha value is 0.230. The first-order chi connectivity index (χ1) is 4.74. The maximum atomic E-state index is 11.1. The third-order valence-corrected chi connectivity index (χ3v) is 3.32. The highest BCUT2D eigenvalue weighted by Gasteiger charge is 2.32. The molecule has 0 aromatic rings. The van der Waals surface area contributed by atoms with E-state index in [2.05, 4.69) is 4.90 Å². The predicted octanol–water partition coefficient (Wildman–Crippen LogP) is -0.959. The van der Waals surface area contributed by atoms with Crippen molar-refractivity contribution in [1.82, 2.24) is 4.90 Å². The zero-order chi connectivity index (χ0) is 7.56. The van der Waals surface area contributed by atoms with Crippen LogP contribution in [0.1, 0.15) is 0 Å². The van der Waals surface area contributed by atoms with Gasteiger partial charge in [-0.05, 0) is 18.2 Å². The van der Waals surface area contributed by atoms with Gasteiger partial charge in [0, 0.05) is 13.1 Å². The summed E-state index contributed by atoms with van der Waals surface area (Å²) in [5.74, 6) is 0.443. The summed E-state index contributed by atoms with van der Waals surface area (Å²) < 4.78 is 11.1. The molecule has 1 heterocycles. The molecule has 0 bridgehead atoms. The lowest BCUT2D eigenvalue weighted by molar-refractivity contribution is 0.230. The Morgan fingerprint density at radius 2 is 2.30 bits per heavy atom. The van der Waals surface area contributed by atoms with Crippen molar-refractivity contribution in [2.24, 2.45) is 0 Å². The van der Waals surface area contributed by atoms with Crippen LogP contribution in [-0.2, 0) is 11.2 Å². The van der Waals surface area contributed by atoms with Gasteiger partial charge < -0.3 is 9.66 Å². The average molecular weight is 163 g/mol. The summed E-state index contributed by atoms with van der Waals surface area (Å²) in [5, 5.41) is 8.78. The molecule has 1 N–H and O–H groups in total. The number of hydrogen-bond donors (Lipinski definition) is 1.